The van der Waals surface area contributed by atoms with Crippen LogP contribution in [0.5, 0.6) is 0 Å². The molecular formula is C16H19FN4O4. The minimum absolute atomic E-state index is 0.170. The summed E-state index contributed by atoms with van der Waals surface area (Å²) in [6.07, 6.45) is 0.0555. The molecule has 9 heteroatoms. The molecule has 1 fully saturated rings. The molecule has 2 rings (SSSR count). The van der Waals surface area contributed by atoms with Crippen molar-refractivity contribution in [2.24, 2.45) is 0 Å². The Bertz CT molecular complexity index is 707. The average molecular weight is 350 g/mol. The molecule has 25 heavy (non-hydrogen) atoms. The smallest absolute Gasteiger partial charge is 0.325 e. The molecule has 0 radical (unpaired) electrons. The van der Waals surface area contributed by atoms with E-state index in [-0.39, 0.29) is 19.4 Å². The van der Waals surface area contributed by atoms with Crippen LogP contribution in [-0.2, 0) is 15.1 Å². The van der Waals surface area contributed by atoms with Gasteiger partial charge in [-0.2, -0.15) is 0 Å². The average Bonchev–Trinajstić information content (AvgIpc) is 2.84. The summed E-state index contributed by atoms with van der Waals surface area (Å²) in [4.78, 5) is 48.6. The van der Waals surface area contributed by atoms with Gasteiger partial charge in [-0.15, -0.1) is 0 Å². The fraction of sp³-hybridized carbons (Fsp3) is 0.375. The highest BCUT2D eigenvalue weighted by Crippen LogP contribution is 2.32. The summed E-state index contributed by atoms with van der Waals surface area (Å²) >= 11 is 0. The Balaban J connectivity index is 2.13. The largest absolute Gasteiger partial charge is 0.341 e. The first-order chi connectivity index (χ1) is 11.8. The second-order valence-corrected chi connectivity index (χ2v) is 5.53. The van der Waals surface area contributed by atoms with Crippen LogP contribution in [0.2, 0.25) is 0 Å². The third kappa shape index (κ3) is 3.59. The van der Waals surface area contributed by atoms with E-state index in [1.807, 2.05) is 0 Å². The van der Waals surface area contributed by atoms with E-state index < -0.39 is 35.2 Å². The van der Waals surface area contributed by atoms with Gasteiger partial charge in [0.15, 0.2) is 0 Å². The molecule has 0 aliphatic carbocycles. The molecule has 0 unspecified atom stereocenters. The van der Waals surface area contributed by atoms with Crippen molar-refractivity contribution in [3.05, 3.63) is 35.6 Å². The molecule has 1 saturated heterocycles. The zero-order valence-electron chi connectivity index (χ0n) is 13.9. The maximum Gasteiger partial charge on any atom is 0.325 e. The monoisotopic (exact) mass is 350 g/mol. The Labute approximate surface area is 143 Å². The van der Waals surface area contributed by atoms with E-state index in [0.717, 1.165) is 4.90 Å². The summed E-state index contributed by atoms with van der Waals surface area (Å²) in [5.74, 6) is -1.58. The van der Waals surface area contributed by atoms with Crippen molar-refractivity contribution in [1.82, 2.24) is 20.9 Å². The first kappa shape index (κ1) is 18.4. The number of hydrogen-bond acceptors (Lipinski definition) is 4. The van der Waals surface area contributed by atoms with Gasteiger partial charge in [-0.1, -0.05) is 19.1 Å². The molecule has 1 aromatic carbocycles. The zero-order chi connectivity index (χ0) is 18.6. The Morgan fingerprint density at radius 1 is 1.24 bits per heavy atom. The Morgan fingerprint density at radius 3 is 2.44 bits per heavy atom. The standard InChI is InChI=1S/C16H19FN4O4/c1-3-16(10-4-6-11(17)7-5-10)13(23)21(15(25)20-16)9-8-12(22)19-14(24)18-2/h4-7H,3,8-9H2,1-2H3,(H,20,25)(H2,18,19,22,24)/t16-/m0/s1. The fourth-order valence-corrected chi connectivity index (χ4v) is 2.67. The molecule has 6 amide bonds. The lowest BCUT2D eigenvalue weighted by Gasteiger charge is -2.25. The molecule has 0 saturated carbocycles. The van der Waals surface area contributed by atoms with Crippen molar-refractivity contribution >= 4 is 23.9 Å². The van der Waals surface area contributed by atoms with E-state index in [2.05, 4.69) is 16.0 Å². The summed E-state index contributed by atoms with van der Waals surface area (Å²) in [7, 11) is 1.36. The van der Waals surface area contributed by atoms with E-state index in [1.165, 1.54) is 31.3 Å². The molecule has 3 N–H and O–H groups in total. The van der Waals surface area contributed by atoms with E-state index in [9.17, 15) is 23.6 Å². The number of hydrogen-bond donors (Lipinski definition) is 3. The van der Waals surface area contributed by atoms with Crippen molar-refractivity contribution in [1.29, 1.82) is 0 Å². The quantitative estimate of drug-likeness (QED) is 0.684. The summed E-state index contributed by atoms with van der Waals surface area (Å²) in [6, 6.07) is 4.01. The predicted molar refractivity (Wildman–Crippen MR) is 85.8 cm³/mol. The number of rotatable bonds is 5. The van der Waals surface area contributed by atoms with Gasteiger partial charge in [0.2, 0.25) is 5.91 Å². The van der Waals surface area contributed by atoms with Crippen molar-refractivity contribution < 1.29 is 23.6 Å². The maximum absolute atomic E-state index is 13.1. The Hall–Kier alpha value is -2.97. The van der Waals surface area contributed by atoms with E-state index in [0.29, 0.717) is 5.56 Å². The molecule has 134 valence electrons. The van der Waals surface area contributed by atoms with Gasteiger partial charge in [-0.05, 0) is 24.1 Å². The normalized spacial score (nSPS) is 19.6. The first-order valence-electron chi connectivity index (χ1n) is 7.75. The van der Waals surface area contributed by atoms with Crippen LogP contribution in [-0.4, -0.2) is 42.4 Å². The highest BCUT2D eigenvalue weighted by molar-refractivity contribution is 6.07. The lowest BCUT2D eigenvalue weighted by Crippen LogP contribution is -2.44. The van der Waals surface area contributed by atoms with Gasteiger partial charge in [-0.25, -0.2) is 14.0 Å². The first-order valence-corrected chi connectivity index (χ1v) is 7.75. The number of benzene rings is 1. The number of carbonyl (C=O) groups is 4. The van der Waals surface area contributed by atoms with Crippen LogP contribution in [0.3, 0.4) is 0 Å². The molecular weight excluding hydrogens is 331 g/mol. The topological polar surface area (TPSA) is 108 Å². The Kier molecular flexibility index (Phi) is 5.35. The molecule has 1 atom stereocenters. The third-order valence-corrected chi connectivity index (χ3v) is 4.09. The predicted octanol–water partition coefficient (Wildman–Crippen LogP) is 0.829. The molecule has 1 aliphatic heterocycles. The number of carbonyl (C=O) groups excluding carboxylic acids is 4. The highest BCUT2D eigenvalue weighted by atomic mass is 19.1. The zero-order valence-corrected chi connectivity index (χ0v) is 13.9. The maximum atomic E-state index is 13.1. The lowest BCUT2D eigenvalue weighted by molar-refractivity contribution is -0.132. The Morgan fingerprint density at radius 2 is 1.88 bits per heavy atom. The number of amides is 6. The second kappa shape index (κ2) is 7.29. The van der Waals surface area contributed by atoms with Crippen molar-refractivity contribution in [3.63, 3.8) is 0 Å². The van der Waals surface area contributed by atoms with Crippen LogP contribution in [0.25, 0.3) is 0 Å². The molecule has 1 aliphatic rings. The lowest BCUT2D eigenvalue weighted by atomic mass is 9.87. The summed E-state index contributed by atoms with van der Waals surface area (Å²) < 4.78 is 13.1. The van der Waals surface area contributed by atoms with Gasteiger partial charge in [-0.3, -0.25) is 19.8 Å². The minimum atomic E-state index is -1.29. The van der Waals surface area contributed by atoms with Crippen LogP contribution in [0.15, 0.2) is 24.3 Å². The van der Waals surface area contributed by atoms with Crippen LogP contribution in [0.1, 0.15) is 25.3 Å². The van der Waals surface area contributed by atoms with Gasteiger partial charge < -0.3 is 10.6 Å². The third-order valence-electron chi connectivity index (χ3n) is 4.09. The molecule has 0 bridgehead atoms. The van der Waals surface area contributed by atoms with Crippen molar-refractivity contribution in [2.75, 3.05) is 13.6 Å². The molecule has 0 spiro atoms. The van der Waals surface area contributed by atoms with Crippen molar-refractivity contribution in [3.8, 4) is 0 Å². The van der Waals surface area contributed by atoms with E-state index >= 15 is 0 Å². The summed E-state index contributed by atoms with van der Waals surface area (Å²) in [5, 5.41) is 6.92. The highest BCUT2D eigenvalue weighted by Gasteiger charge is 2.51. The molecule has 0 aromatic heterocycles. The number of imide groups is 2. The number of nitrogens with one attached hydrogen (secondary N) is 3. The molecule has 8 nitrogen and oxygen atoms in total. The number of nitrogens with zero attached hydrogens (tertiary/aromatic N) is 1. The van der Waals surface area contributed by atoms with Crippen LogP contribution >= 0.6 is 0 Å². The van der Waals surface area contributed by atoms with Gasteiger partial charge in [0.1, 0.15) is 11.4 Å². The summed E-state index contributed by atoms with van der Waals surface area (Å²) in [6.45, 7) is 1.56. The minimum Gasteiger partial charge on any atom is -0.341 e. The molecule has 1 heterocycles. The SMILES string of the molecule is CC[C@@]1(c2ccc(F)cc2)NC(=O)N(CCC(=O)NC(=O)NC)C1=O. The number of halogens is 1. The summed E-state index contributed by atoms with van der Waals surface area (Å²) in [5.41, 5.74) is -0.825. The van der Waals surface area contributed by atoms with Gasteiger partial charge >= 0.3 is 12.1 Å². The number of urea groups is 2. The van der Waals surface area contributed by atoms with Gasteiger partial charge in [0.05, 0.1) is 0 Å². The molecule has 1 aromatic rings. The van der Waals surface area contributed by atoms with Crippen molar-refractivity contribution in [2.45, 2.75) is 25.3 Å². The van der Waals surface area contributed by atoms with Crippen LogP contribution in [0.4, 0.5) is 14.0 Å². The van der Waals surface area contributed by atoms with Gasteiger partial charge in [0, 0.05) is 20.0 Å². The van der Waals surface area contributed by atoms with Crippen LogP contribution in [0, 0.1) is 5.82 Å². The van der Waals surface area contributed by atoms with E-state index in [1.54, 1.807) is 6.92 Å². The van der Waals surface area contributed by atoms with E-state index in [4.69, 9.17) is 0 Å². The fourth-order valence-electron chi connectivity index (χ4n) is 2.67. The second-order valence-electron chi connectivity index (χ2n) is 5.53. The van der Waals surface area contributed by atoms with Crippen LogP contribution < -0.4 is 16.0 Å². The van der Waals surface area contributed by atoms with Gasteiger partial charge in [0.25, 0.3) is 5.91 Å².